The molecule has 0 aliphatic rings. The lowest BCUT2D eigenvalue weighted by Gasteiger charge is -2.22. The third kappa shape index (κ3) is 5.90. The third-order valence-electron chi connectivity index (χ3n) is 3.69. The highest BCUT2D eigenvalue weighted by atomic mass is 35.5. The number of aryl methyl sites for hydroxylation is 1. The molecular weight excluding hydrogens is 395 g/mol. The summed E-state index contributed by atoms with van der Waals surface area (Å²) in [4.78, 5) is 12.1. The summed E-state index contributed by atoms with van der Waals surface area (Å²) in [5.74, 6) is -0.258. The summed E-state index contributed by atoms with van der Waals surface area (Å²) in [5.41, 5.74) is 2.05. The first-order chi connectivity index (χ1) is 12.2. The fraction of sp³-hybridized carbons (Fsp3) is 0.278. The molecule has 2 rings (SSSR count). The van der Waals surface area contributed by atoms with Crippen LogP contribution in [0.1, 0.15) is 18.4 Å². The Bertz CT molecular complexity index is 884. The second-order valence-corrected chi connectivity index (χ2v) is 8.70. The van der Waals surface area contributed by atoms with Crippen LogP contribution in [0.15, 0.2) is 42.5 Å². The number of amides is 1. The van der Waals surface area contributed by atoms with Crippen LogP contribution in [0.25, 0.3) is 0 Å². The molecule has 26 heavy (non-hydrogen) atoms. The molecule has 2 aromatic rings. The fourth-order valence-corrected chi connectivity index (χ4v) is 3.69. The van der Waals surface area contributed by atoms with Crippen molar-refractivity contribution >= 4 is 50.5 Å². The van der Waals surface area contributed by atoms with Gasteiger partial charge in [-0.15, -0.1) is 0 Å². The second kappa shape index (κ2) is 8.75. The van der Waals surface area contributed by atoms with Crippen molar-refractivity contribution in [2.75, 3.05) is 22.4 Å². The molecule has 8 heteroatoms. The number of carbonyl (C=O) groups excluding carboxylic acids is 1. The molecule has 0 saturated carbocycles. The molecule has 1 amide bonds. The number of carbonyl (C=O) groups is 1. The monoisotopic (exact) mass is 414 g/mol. The van der Waals surface area contributed by atoms with E-state index in [1.165, 1.54) is 4.31 Å². The number of sulfonamides is 1. The summed E-state index contributed by atoms with van der Waals surface area (Å²) in [5, 5.41) is 3.54. The second-order valence-electron chi connectivity index (χ2n) is 5.95. The van der Waals surface area contributed by atoms with E-state index in [4.69, 9.17) is 23.2 Å². The summed E-state index contributed by atoms with van der Waals surface area (Å²) in [7, 11) is -3.44. The zero-order valence-corrected chi connectivity index (χ0v) is 16.8. The topological polar surface area (TPSA) is 66.5 Å². The van der Waals surface area contributed by atoms with Crippen LogP contribution in [0.3, 0.4) is 0 Å². The van der Waals surface area contributed by atoms with Crippen LogP contribution in [-0.2, 0) is 14.8 Å². The minimum Gasteiger partial charge on any atom is -0.325 e. The maximum Gasteiger partial charge on any atom is 0.232 e. The average molecular weight is 415 g/mol. The van der Waals surface area contributed by atoms with Crippen molar-refractivity contribution in [3.63, 3.8) is 0 Å². The molecule has 0 saturated heterocycles. The Balaban J connectivity index is 1.98. The van der Waals surface area contributed by atoms with E-state index in [1.807, 2.05) is 19.1 Å². The summed E-state index contributed by atoms with van der Waals surface area (Å²) < 4.78 is 25.4. The van der Waals surface area contributed by atoms with Crippen LogP contribution in [0.2, 0.25) is 10.0 Å². The van der Waals surface area contributed by atoms with Gasteiger partial charge >= 0.3 is 0 Å². The highest BCUT2D eigenvalue weighted by Gasteiger charge is 2.17. The lowest BCUT2D eigenvalue weighted by atomic mass is 10.2. The first-order valence-corrected chi connectivity index (χ1v) is 10.6. The molecular formula is C18H20Cl2N2O3S. The van der Waals surface area contributed by atoms with Gasteiger partial charge in [-0.1, -0.05) is 40.9 Å². The van der Waals surface area contributed by atoms with Crippen LogP contribution in [-0.4, -0.2) is 27.1 Å². The molecule has 1 N–H and O–H groups in total. The number of rotatable bonds is 7. The maximum absolute atomic E-state index is 12.1. The lowest BCUT2D eigenvalue weighted by molar-refractivity contribution is -0.116. The van der Waals surface area contributed by atoms with Crippen molar-refractivity contribution in [3.05, 3.63) is 58.1 Å². The highest BCUT2D eigenvalue weighted by molar-refractivity contribution is 7.92. The van der Waals surface area contributed by atoms with Gasteiger partial charge < -0.3 is 5.32 Å². The lowest BCUT2D eigenvalue weighted by Crippen LogP contribution is -2.31. The largest absolute Gasteiger partial charge is 0.325 e. The van der Waals surface area contributed by atoms with Gasteiger partial charge in [-0.2, -0.15) is 0 Å². The number of nitrogens with zero attached hydrogens (tertiary/aromatic N) is 1. The van der Waals surface area contributed by atoms with Crippen LogP contribution < -0.4 is 9.62 Å². The Morgan fingerprint density at radius 1 is 1.12 bits per heavy atom. The molecule has 0 aliphatic carbocycles. The molecule has 0 heterocycles. The van der Waals surface area contributed by atoms with Crippen molar-refractivity contribution in [1.29, 1.82) is 0 Å². The standard InChI is InChI=1S/C18H20Cl2N2O3S/c1-13-5-8-15(9-6-13)22(26(2,24)25)11-3-4-18(23)21-17-12-14(19)7-10-16(17)20/h5-10,12H,3-4,11H2,1-2H3,(H,21,23). The van der Waals surface area contributed by atoms with E-state index >= 15 is 0 Å². The number of benzene rings is 2. The Hall–Kier alpha value is -1.76. The van der Waals surface area contributed by atoms with E-state index in [1.54, 1.807) is 30.3 Å². The smallest absolute Gasteiger partial charge is 0.232 e. The number of anilines is 2. The molecule has 0 aliphatic heterocycles. The maximum atomic E-state index is 12.1. The Kier molecular flexibility index (Phi) is 6.92. The molecule has 0 spiro atoms. The van der Waals surface area contributed by atoms with Crippen molar-refractivity contribution < 1.29 is 13.2 Å². The van der Waals surface area contributed by atoms with Crippen LogP contribution in [0.4, 0.5) is 11.4 Å². The van der Waals surface area contributed by atoms with Gasteiger partial charge in [0.1, 0.15) is 0 Å². The molecule has 5 nitrogen and oxygen atoms in total. The summed E-state index contributed by atoms with van der Waals surface area (Å²) in [6.45, 7) is 2.14. The van der Waals surface area contributed by atoms with E-state index in [2.05, 4.69) is 5.32 Å². The molecule has 140 valence electrons. The minimum absolute atomic E-state index is 0.153. The van der Waals surface area contributed by atoms with Crippen LogP contribution >= 0.6 is 23.2 Å². The number of nitrogens with one attached hydrogen (secondary N) is 1. The molecule has 0 unspecified atom stereocenters. The van der Waals surface area contributed by atoms with E-state index in [0.29, 0.717) is 27.8 Å². The summed E-state index contributed by atoms with van der Waals surface area (Å²) in [6.07, 6.45) is 1.67. The predicted molar refractivity (Wildman–Crippen MR) is 108 cm³/mol. The number of hydrogen-bond donors (Lipinski definition) is 1. The Morgan fingerprint density at radius 2 is 1.77 bits per heavy atom. The quantitative estimate of drug-likeness (QED) is 0.725. The van der Waals surface area contributed by atoms with Gasteiger partial charge in [-0.05, 0) is 43.7 Å². The van der Waals surface area contributed by atoms with Crippen LogP contribution in [0.5, 0.6) is 0 Å². The highest BCUT2D eigenvalue weighted by Crippen LogP contribution is 2.25. The van der Waals surface area contributed by atoms with Crippen molar-refractivity contribution in [1.82, 2.24) is 0 Å². The van der Waals surface area contributed by atoms with Crippen molar-refractivity contribution in [3.8, 4) is 0 Å². The zero-order valence-electron chi connectivity index (χ0n) is 14.5. The van der Waals surface area contributed by atoms with E-state index in [-0.39, 0.29) is 18.9 Å². The molecule has 0 atom stereocenters. The molecule has 2 aromatic carbocycles. The Morgan fingerprint density at radius 3 is 2.38 bits per heavy atom. The summed E-state index contributed by atoms with van der Waals surface area (Å²) >= 11 is 11.9. The first-order valence-electron chi connectivity index (χ1n) is 7.96. The molecule has 0 bridgehead atoms. The van der Waals surface area contributed by atoms with E-state index in [9.17, 15) is 13.2 Å². The van der Waals surface area contributed by atoms with E-state index < -0.39 is 10.0 Å². The Labute approximate surface area is 164 Å². The van der Waals surface area contributed by atoms with Gasteiger partial charge in [0.2, 0.25) is 15.9 Å². The molecule has 0 radical (unpaired) electrons. The van der Waals surface area contributed by atoms with Gasteiger partial charge in [0.15, 0.2) is 0 Å². The van der Waals surface area contributed by atoms with Gasteiger partial charge in [-0.25, -0.2) is 8.42 Å². The van der Waals surface area contributed by atoms with Gasteiger partial charge in [0, 0.05) is 18.0 Å². The fourth-order valence-electron chi connectivity index (χ4n) is 2.39. The van der Waals surface area contributed by atoms with E-state index in [0.717, 1.165) is 11.8 Å². The number of halogens is 2. The SMILES string of the molecule is Cc1ccc(N(CCCC(=O)Nc2cc(Cl)ccc2Cl)S(C)(=O)=O)cc1. The van der Waals surface area contributed by atoms with Gasteiger partial charge in [0.05, 0.1) is 22.7 Å². The average Bonchev–Trinajstić information content (AvgIpc) is 2.55. The first kappa shape index (κ1) is 20.6. The van der Waals surface area contributed by atoms with Gasteiger partial charge in [-0.3, -0.25) is 9.10 Å². The number of hydrogen-bond acceptors (Lipinski definition) is 3. The molecule has 0 fully saturated rings. The van der Waals surface area contributed by atoms with Crippen LogP contribution in [0, 0.1) is 6.92 Å². The van der Waals surface area contributed by atoms with Crippen molar-refractivity contribution in [2.24, 2.45) is 0 Å². The van der Waals surface area contributed by atoms with Gasteiger partial charge in [0.25, 0.3) is 0 Å². The molecule has 0 aromatic heterocycles. The predicted octanol–water partition coefficient (Wildman–Crippen LogP) is 4.49. The zero-order chi connectivity index (χ0) is 19.3. The third-order valence-corrected chi connectivity index (χ3v) is 5.45. The minimum atomic E-state index is -3.44. The summed E-state index contributed by atoms with van der Waals surface area (Å²) in [6, 6.07) is 12.0. The van der Waals surface area contributed by atoms with Crippen molar-refractivity contribution in [2.45, 2.75) is 19.8 Å². The normalized spacial score (nSPS) is 11.2.